The standard InChI is InChI=1S/C13H19N3O2/c1-2-10-7-13(18-8-10)4-6-16(9-13)12(17)11-3-5-14-15-11/h3,5,10H,2,4,6-9H2,1H3,(H,14,15). The first-order valence-corrected chi connectivity index (χ1v) is 6.65. The Labute approximate surface area is 107 Å². The number of carbonyl (C=O) groups excluding carboxylic acids is 1. The van der Waals surface area contributed by atoms with E-state index in [1.807, 2.05) is 4.90 Å². The van der Waals surface area contributed by atoms with Crippen molar-refractivity contribution in [2.45, 2.75) is 31.8 Å². The molecule has 2 unspecified atom stereocenters. The van der Waals surface area contributed by atoms with E-state index in [9.17, 15) is 4.79 Å². The lowest BCUT2D eigenvalue weighted by molar-refractivity contribution is 0.0115. The highest BCUT2D eigenvalue weighted by molar-refractivity contribution is 5.92. The van der Waals surface area contributed by atoms with Gasteiger partial charge < -0.3 is 9.64 Å². The second-order valence-electron chi connectivity index (χ2n) is 5.42. The molecular weight excluding hydrogens is 230 g/mol. The smallest absolute Gasteiger partial charge is 0.271 e. The van der Waals surface area contributed by atoms with Gasteiger partial charge in [0.15, 0.2) is 0 Å². The van der Waals surface area contributed by atoms with Gasteiger partial charge in [0, 0.05) is 12.7 Å². The molecule has 5 heteroatoms. The van der Waals surface area contributed by atoms with Gasteiger partial charge in [-0.1, -0.05) is 13.3 Å². The predicted octanol–water partition coefficient (Wildman–Crippen LogP) is 1.44. The predicted molar refractivity (Wildman–Crippen MR) is 66.2 cm³/mol. The minimum absolute atomic E-state index is 0.0351. The Morgan fingerprint density at radius 3 is 3.28 bits per heavy atom. The fourth-order valence-corrected chi connectivity index (χ4v) is 3.05. The Balaban J connectivity index is 1.67. The zero-order valence-electron chi connectivity index (χ0n) is 10.7. The zero-order valence-corrected chi connectivity index (χ0v) is 10.7. The molecule has 2 aliphatic rings. The maximum atomic E-state index is 12.2. The molecule has 2 aliphatic heterocycles. The molecule has 0 saturated carbocycles. The lowest BCUT2D eigenvalue weighted by Crippen LogP contribution is -2.35. The molecule has 98 valence electrons. The molecule has 0 bridgehead atoms. The van der Waals surface area contributed by atoms with Crippen molar-refractivity contribution >= 4 is 5.91 Å². The van der Waals surface area contributed by atoms with Crippen LogP contribution < -0.4 is 0 Å². The third-order valence-electron chi connectivity index (χ3n) is 4.20. The van der Waals surface area contributed by atoms with Gasteiger partial charge >= 0.3 is 0 Å². The van der Waals surface area contributed by atoms with Gasteiger partial charge in [0.05, 0.1) is 18.8 Å². The average Bonchev–Trinajstić information content (AvgIpc) is 3.10. The van der Waals surface area contributed by atoms with Crippen LogP contribution in [0.2, 0.25) is 0 Å². The Hall–Kier alpha value is -1.36. The molecule has 2 saturated heterocycles. The van der Waals surface area contributed by atoms with Gasteiger partial charge in [0.1, 0.15) is 5.69 Å². The van der Waals surface area contributed by atoms with Crippen molar-refractivity contribution in [2.75, 3.05) is 19.7 Å². The number of aromatic nitrogens is 2. The Kier molecular flexibility index (Phi) is 2.86. The first-order chi connectivity index (χ1) is 8.72. The molecule has 1 spiro atoms. The topological polar surface area (TPSA) is 58.2 Å². The SMILES string of the molecule is CCC1COC2(CCN(C(=O)c3ccn[nH]3)C2)C1. The molecule has 0 radical (unpaired) electrons. The fraction of sp³-hybridized carbons (Fsp3) is 0.692. The summed E-state index contributed by atoms with van der Waals surface area (Å²) in [6, 6.07) is 1.72. The Bertz CT molecular complexity index is 431. The number of nitrogens with zero attached hydrogens (tertiary/aromatic N) is 2. The van der Waals surface area contributed by atoms with Crippen LogP contribution in [-0.2, 0) is 4.74 Å². The third-order valence-corrected chi connectivity index (χ3v) is 4.20. The van der Waals surface area contributed by atoms with Gasteiger partial charge in [0.2, 0.25) is 0 Å². The second-order valence-corrected chi connectivity index (χ2v) is 5.42. The molecule has 1 aromatic heterocycles. The number of hydrogen-bond acceptors (Lipinski definition) is 3. The molecule has 3 heterocycles. The van der Waals surface area contributed by atoms with Crippen LogP contribution >= 0.6 is 0 Å². The van der Waals surface area contributed by atoms with E-state index < -0.39 is 0 Å². The van der Waals surface area contributed by atoms with Crippen LogP contribution in [-0.4, -0.2) is 46.3 Å². The van der Waals surface area contributed by atoms with Gasteiger partial charge in [-0.3, -0.25) is 9.89 Å². The second kappa shape index (κ2) is 4.39. The molecule has 2 atom stereocenters. The molecular formula is C13H19N3O2. The normalized spacial score (nSPS) is 31.4. The summed E-state index contributed by atoms with van der Waals surface area (Å²) in [5, 5.41) is 6.56. The number of likely N-dealkylation sites (tertiary alicyclic amines) is 1. The number of aromatic amines is 1. The fourth-order valence-electron chi connectivity index (χ4n) is 3.05. The number of hydrogen-bond donors (Lipinski definition) is 1. The molecule has 0 aromatic carbocycles. The number of rotatable bonds is 2. The number of carbonyl (C=O) groups is 1. The van der Waals surface area contributed by atoms with Crippen molar-refractivity contribution in [1.29, 1.82) is 0 Å². The molecule has 0 aliphatic carbocycles. The van der Waals surface area contributed by atoms with Crippen molar-refractivity contribution < 1.29 is 9.53 Å². The van der Waals surface area contributed by atoms with Crippen LogP contribution in [0.1, 0.15) is 36.7 Å². The molecule has 18 heavy (non-hydrogen) atoms. The highest BCUT2D eigenvalue weighted by Gasteiger charge is 2.46. The Morgan fingerprint density at radius 2 is 2.61 bits per heavy atom. The van der Waals surface area contributed by atoms with E-state index in [4.69, 9.17) is 4.74 Å². The van der Waals surface area contributed by atoms with Crippen molar-refractivity contribution in [2.24, 2.45) is 5.92 Å². The highest BCUT2D eigenvalue weighted by Crippen LogP contribution is 2.39. The minimum atomic E-state index is -0.0731. The van der Waals surface area contributed by atoms with E-state index in [1.54, 1.807) is 12.3 Å². The van der Waals surface area contributed by atoms with Crippen LogP contribution in [0.4, 0.5) is 0 Å². The van der Waals surface area contributed by atoms with Crippen LogP contribution in [0.25, 0.3) is 0 Å². The summed E-state index contributed by atoms with van der Waals surface area (Å²) in [6.45, 7) is 4.56. The van der Waals surface area contributed by atoms with Crippen LogP contribution in [0.15, 0.2) is 12.3 Å². The lowest BCUT2D eigenvalue weighted by Gasteiger charge is -2.23. The van der Waals surface area contributed by atoms with Gasteiger partial charge in [-0.2, -0.15) is 5.10 Å². The largest absolute Gasteiger partial charge is 0.373 e. The van der Waals surface area contributed by atoms with E-state index in [-0.39, 0.29) is 11.5 Å². The number of H-pyrrole nitrogens is 1. The van der Waals surface area contributed by atoms with Crippen molar-refractivity contribution in [3.8, 4) is 0 Å². The first-order valence-electron chi connectivity index (χ1n) is 6.65. The summed E-state index contributed by atoms with van der Waals surface area (Å²) in [7, 11) is 0. The van der Waals surface area contributed by atoms with Gasteiger partial charge in [0.25, 0.3) is 5.91 Å². The highest BCUT2D eigenvalue weighted by atomic mass is 16.5. The molecule has 3 rings (SSSR count). The maximum absolute atomic E-state index is 12.2. The quantitative estimate of drug-likeness (QED) is 0.863. The van der Waals surface area contributed by atoms with Crippen molar-refractivity contribution in [1.82, 2.24) is 15.1 Å². The van der Waals surface area contributed by atoms with Crippen molar-refractivity contribution in [3.05, 3.63) is 18.0 Å². The number of nitrogens with one attached hydrogen (secondary N) is 1. The summed E-state index contributed by atoms with van der Waals surface area (Å²) in [5.74, 6) is 0.695. The average molecular weight is 249 g/mol. The zero-order chi connectivity index (χ0) is 12.6. The van der Waals surface area contributed by atoms with Gasteiger partial charge in [-0.15, -0.1) is 0 Å². The molecule has 5 nitrogen and oxygen atoms in total. The lowest BCUT2D eigenvalue weighted by atomic mass is 9.92. The van der Waals surface area contributed by atoms with Crippen molar-refractivity contribution in [3.63, 3.8) is 0 Å². The summed E-state index contributed by atoms with van der Waals surface area (Å²) in [4.78, 5) is 14.1. The monoisotopic (exact) mass is 249 g/mol. The van der Waals surface area contributed by atoms with Crippen LogP contribution in [0.3, 0.4) is 0 Å². The maximum Gasteiger partial charge on any atom is 0.271 e. The minimum Gasteiger partial charge on any atom is -0.373 e. The first kappa shape index (κ1) is 11.7. The number of amides is 1. The molecule has 2 fully saturated rings. The van der Waals surface area contributed by atoms with E-state index in [0.29, 0.717) is 11.6 Å². The van der Waals surface area contributed by atoms with E-state index in [2.05, 4.69) is 17.1 Å². The van der Waals surface area contributed by atoms with Crippen LogP contribution in [0, 0.1) is 5.92 Å². The molecule has 1 aromatic rings. The Morgan fingerprint density at radius 1 is 1.72 bits per heavy atom. The summed E-state index contributed by atoms with van der Waals surface area (Å²) in [5.41, 5.74) is 0.494. The van der Waals surface area contributed by atoms with Gasteiger partial charge in [-0.05, 0) is 24.8 Å². The van der Waals surface area contributed by atoms with Crippen LogP contribution in [0.5, 0.6) is 0 Å². The van der Waals surface area contributed by atoms with E-state index in [0.717, 1.165) is 39.0 Å². The molecule has 1 N–H and O–H groups in total. The third kappa shape index (κ3) is 1.92. The van der Waals surface area contributed by atoms with E-state index >= 15 is 0 Å². The van der Waals surface area contributed by atoms with Gasteiger partial charge in [-0.25, -0.2) is 0 Å². The number of ether oxygens (including phenoxy) is 1. The summed E-state index contributed by atoms with van der Waals surface area (Å²) >= 11 is 0. The summed E-state index contributed by atoms with van der Waals surface area (Å²) in [6.07, 6.45) is 4.83. The summed E-state index contributed by atoms with van der Waals surface area (Å²) < 4.78 is 5.98. The molecule has 1 amide bonds. The van der Waals surface area contributed by atoms with E-state index in [1.165, 1.54) is 0 Å².